The highest BCUT2D eigenvalue weighted by Crippen LogP contribution is 2.11. The van der Waals surface area contributed by atoms with Gasteiger partial charge in [-0.05, 0) is 32.9 Å². The Hall–Kier alpha value is -2.41. The maximum Gasteiger partial charge on any atom is 0.191 e. The van der Waals surface area contributed by atoms with E-state index in [-0.39, 0.29) is 0 Å². The molecule has 0 aliphatic rings. The van der Waals surface area contributed by atoms with Crippen LogP contribution >= 0.6 is 11.3 Å². The van der Waals surface area contributed by atoms with Crippen LogP contribution in [0, 0.1) is 13.8 Å². The van der Waals surface area contributed by atoms with Gasteiger partial charge in [0.2, 0.25) is 0 Å². The number of nitrogens with zero attached hydrogens (tertiary/aromatic N) is 4. The molecule has 0 saturated carbocycles. The second-order valence-corrected chi connectivity index (χ2v) is 7.18. The van der Waals surface area contributed by atoms with Crippen LogP contribution in [0.3, 0.4) is 0 Å². The summed E-state index contributed by atoms with van der Waals surface area (Å²) in [4.78, 5) is 14.9. The smallest absolute Gasteiger partial charge is 0.191 e. The molecule has 6 nitrogen and oxygen atoms in total. The first-order valence-electron chi connectivity index (χ1n) is 8.53. The molecule has 0 aliphatic heterocycles. The predicted octanol–water partition coefficient (Wildman–Crippen LogP) is 2.71. The van der Waals surface area contributed by atoms with Gasteiger partial charge in [0.15, 0.2) is 5.96 Å². The van der Waals surface area contributed by atoms with Crippen LogP contribution in [0.4, 0.5) is 0 Å². The molecule has 0 aromatic carbocycles. The standard InChI is InChI=1S/C18H24N6S/c1-4-19-18(20-9-8-17-21-10-14(3)25-17)22-11-15-12-24-13(2)6-5-7-16(24)23-15/h5-7,10,12H,4,8-9,11H2,1-3H3,(H2,19,20,22). The number of thiazole rings is 1. The first kappa shape index (κ1) is 17.4. The third kappa shape index (κ3) is 4.57. The number of hydrogen-bond acceptors (Lipinski definition) is 4. The van der Waals surface area contributed by atoms with Crippen LogP contribution in [0.15, 0.2) is 35.6 Å². The van der Waals surface area contributed by atoms with Crippen molar-refractivity contribution in [2.75, 3.05) is 13.1 Å². The Balaban J connectivity index is 1.61. The van der Waals surface area contributed by atoms with Crippen molar-refractivity contribution in [3.05, 3.63) is 51.9 Å². The van der Waals surface area contributed by atoms with E-state index in [1.165, 1.54) is 10.6 Å². The van der Waals surface area contributed by atoms with Crippen LogP contribution in [-0.4, -0.2) is 33.4 Å². The number of rotatable bonds is 6. The maximum absolute atomic E-state index is 4.65. The number of hydrogen-bond donors (Lipinski definition) is 2. The summed E-state index contributed by atoms with van der Waals surface area (Å²) in [6, 6.07) is 6.12. The van der Waals surface area contributed by atoms with E-state index in [1.54, 1.807) is 11.3 Å². The van der Waals surface area contributed by atoms with E-state index >= 15 is 0 Å². The molecular weight excluding hydrogens is 332 g/mol. The van der Waals surface area contributed by atoms with Gasteiger partial charge < -0.3 is 15.0 Å². The van der Waals surface area contributed by atoms with Crippen molar-refractivity contribution >= 4 is 22.9 Å². The van der Waals surface area contributed by atoms with E-state index in [9.17, 15) is 0 Å². The van der Waals surface area contributed by atoms with Crippen molar-refractivity contribution in [2.45, 2.75) is 33.7 Å². The summed E-state index contributed by atoms with van der Waals surface area (Å²) in [5.74, 6) is 0.810. The number of fused-ring (bicyclic) bond motifs is 1. The molecule has 0 amide bonds. The minimum atomic E-state index is 0.548. The molecule has 0 radical (unpaired) electrons. The van der Waals surface area contributed by atoms with Gasteiger partial charge in [-0.25, -0.2) is 15.0 Å². The number of nitrogens with one attached hydrogen (secondary N) is 2. The van der Waals surface area contributed by atoms with Crippen LogP contribution in [0.1, 0.15) is 28.2 Å². The fraction of sp³-hybridized carbons (Fsp3) is 0.389. The van der Waals surface area contributed by atoms with Gasteiger partial charge in [0.1, 0.15) is 5.65 Å². The molecule has 3 aromatic heterocycles. The molecule has 3 aromatic rings. The quantitative estimate of drug-likeness (QED) is 0.526. The third-order valence-corrected chi connectivity index (χ3v) is 4.76. The zero-order valence-corrected chi connectivity index (χ0v) is 15.7. The molecule has 7 heteroatoms. The Labute approximate surface area is 152 Å². The Morgan fingerprint density at radius 2 is 2.16 bits per heavy atom. The molecule has 0 fully saturated rings. The normalized spacial score (nSPS) is 11.9. The molecular formula is C18H24N6S. The molecule has 3 rings (SSSR count). The number of guanidine groups is 1. The van der Waals surface area contributed by atoms with Crippen molar-refractivity contribution < 1.29 is 0 Å². The van der Waals surface area contributed by atoms with Crippen molar-refractivity contribution in [3.8, 4) is 0 Å². The third-order valence-electron chi connectivity index (χ3n) is 3.79. The zero-order valence-electron chi connectivity index (χ0n) is 14.9. The molecule has 0 unspecified atom stereocenters. The zero-order chi connectivity index (χ0) is 17.6. The van der Waals surface area contributed by atoms with Crippen molar-refractivity contribution in [1.82, 2.24) is 25.0 Å². The second-order valence-electron chi connectivity index (χ2n) is 5.86. The summed E-state index contributed by atoms with van der Waals surface area (Å²) in [6.45, 7) is 8.41. The topological polar surface area (TPSA) is 66.6 Å². The molecule has 0 spiro atoms. The average Bonchev–Trinajstić information content (AvgIpc) is 3.19. The highest BCUT2D eigenvalue weighted by atomic mass is 32.1. The molecule has 3 heterocycles. The summed E-state index contributed by atoms with van der Waals surface area (Å²) in [6.07, 6.45) is 4.87. The van der Waals surface area contributed by atoms with Gasteiger partial charge in [0.25, 0.3) is 0 Å². The summed E-state index contributed by atoms with van der Waals surface area (Å²) in [5.41, 5.74) is 3.09. The Morgan fingerprint density at radius 1 is 1.28 bits per heavy atom. The van der Waals surface area contributed by atoms with Crippen LogP contribution < -0.4 is 10.6 Å². The lowest BCUT2D eigenvalue weighted by molar-refractivity contribution is 0.794. The monoisotopic (exact) mass is 356 g/mol. The second kappa shape index (κ2) is 8.11. The van der Waals surface area contributed by atoms with Crippen LogP contribution in [-0.2, 0) is 13.0 Å². The molecule has 2 N–H and O–H groups in total. The summed E-state index contributed by atoms with van der Waals surface area (Å²) in [7, 11) is 0. The minimum Gasteiger partial charge on any atom is -0.357 e. The van der Waals surface area contributed by atoms with Crippen molar-refractivity contribution in [3.63, 3.8) is 0 Å². The first-order valence-corrected chi connectivity index (χ1v) is 9.34. The lowest BCUT2D eigenvalue weighted by Gasteiger charge is -2.10. The number of aliphatic imine (C=N–C) groups is 1. The molecule has 132 valence electrons. The first-order chi connectivity index (χ1) is 12.2. The lowest BCUT2D eigenvalue weighted by atomic mass is 10.4. The van der Waals surface area contributed by atoms with E-state index in [2.05, 4.69) is 63.0 Å². The molecule has 25 heavy (non-hydrogen) atoms. The van der Waals surface area contributed by atoms with Gasteiger partial charge in [-0.2, -0.15) is 0 Å². The minimum absolute atomic E-state index is 0.548. The summed E-state index contributed by atoms with van der Waals surface area (Å²) < 4.78 is 2.09. The van der Waals surface area contributed by atoms with E-state index in [0.717, 1.165) is 41.8 Å². The SMILES string of the molecule is CCNC(=NCc1cn2c(C)cccc2n1)NCCc1ncc(C)s1. The molecule has 0 aliphatic carbocycles. The van der Waals surface area contributed by atoms with Crippen molar-refractivity contribution in [2.24, 2.45) is 4.99 Å². The van der Waals surface area contributed by atoms with E-state index in [1.807, 2.05) is 18.3 Å². The van der Waals surface area contributed by atoms with Gasteiger partial charge in [-0.1, -0.05) is 6.07 Å². The fourth-order valence-electron chi connectivity index (χ4n) is 2.58. The van der Waals surface area contributed by atoms with Crippen LogP contribution in [0.5, 0.6) is 0 Å². The van der Waals surface area contributed by atoms with E-state index in [0.29, 0.717) is 6.54 Å². The Bertz CT molecular complexity index is 863. The van der Waals surface area contributed by atoms with Crippen LogP contribution in [0.25, 0.3) is 5.65 Å². The Morgan fingerprint density at radius 3 is 2.88 bits per heavy atom. The van der Waals surface area contributed by atoms with Crippen LogP contribution in [0.2, 0.25) is 0 Å². The van der Waals surface area contributed by atoms with Gasteiger partial charge in [0, 0.05) is 42.5 Å². The van der Waals surface area contributed by atoms with Crippen molar-refractivity contribution in [1.29, 1.82) is 0 Å². The highest BCUT2D eigenvalue weighted by Gasteiger charge is 2.04. The highest BCUT2D eigenvalue weighted by molar-refractivity contribution is 7.11. The molecule has 0 bridgehead atoms. The predicted molar refractivity (Wildman–Crippen MR) is 103 cm³/mol. The number of aryl methyl sites for hydroxylation is 2. The number of pyridine rings is 1. The largest absolute Gasteiger partial charge is 0.357 e. The number of imidazole rings is 1. The summed E-state index contributed by atoms with van der Waals surface area (Å²) >= 11 is 1.74. The molecule has 0 saturated heterocycles. The Kier molecular flexibility index (Phi) is 5.65. The van der Waals surface area contributed by atoms with Gasteiger partial charge in [0.05, 0.1) is 17.2 Å². The van der Waals surface area contributed by atoms with Gasteiger partial charge >= 0.3 is 0 Å². The average molecular weight is 356 g/mol. The van der Waals surface area contributed by atoms with E-state index < -0.39 is 0 Å². The maximum atomic E-state index is 4.65. The lowest BCUT2D eigenvalue weighted by Crippen LogP contribution is -2.38. The van der Waals surface area contributed by atoms with Gasteiger partial charge in [-0.15, -0.1) is 11.3 Å². The van der Waals surface area contributed by atoms with E-state index in [4.69, 9.17) is 0 Å². The molecule has 0 atom stereocenters. The summed E-state index contributed by atoms with van der Waals surface area (Å²) in [5, 5.41) is 7.79. The fourth-order valence-corrected chi connectivity index (χ4v) is 3.37. The number of aromatic nitrogens is 3. The van der Waals surface area contributed by atoms with Gasteiger partial charge in [-0.3, -0.25) is 0 Å².